The zero-order valence-corrected chi connectivity index (χ0v) is 6.30. The first-order valence-corrected chi connectivity index (χ1v) is 3.16. The van der Waals surface area contributed by atoms with Crippen LogP contribution in [0.3, 0.4) is 0 Å². The van der Waals surface area contributed by atoms with Crippen molar-refractivity contribution in [3.63, 3.8) is 0 Å². The number of hydrogen-bond donors (Lipinski definition) is 3. The molecule has 0 aliphatic carbocycles. The Kier molecular flexibility index (Phi) is 7.02. The quantitative estimate of drug-likeness (QED) is 0.456. The highest BCUT2D eigenvalue weighted by Crippen LogP contribution is 2.17. The summed E-state index contributed by atoms with van der Waals surface area (Å²) >= 11 is 0. The summed E-state index contributed by atoms with van der Waals surface area (Å²) in [5.41, 5.74) is 4.87. The molecular formula is C6H17NO3. The van der Waals surface area contributed by atoms with Gasteiger partial charge in [-0.2, -0.15) is 0 Å². The average molecular weight is 151 g/mol. The van der Waals surface area contributed by atoms with Crippen molar-refractivity contribution >= 4 is 0 Å². The van der Waals surface area contributed by atoms with Crippen LogP contribution in [0.1, 0.15) is 13.3 Å². The van der Waals surface area contributed by atoms with Crippen LogP contribution in [0.15, 0.2) is 0 Å². The molecule has 0 unspecified atom stereocenters. The lowest BCUT2D eigenvalue weighted by molar-refractivity contribution is 0.0585. The predicted molar refractivity (Wildman–Crippen MR) is 39.6 cm³/mol. The fourth-order valence-corrected chi connectivity index (χ4v) is 0.547. The maximum absolute atomic E-state index is 8.74. The number of aliphatic hydroxyl groups excluding tert-OH is 2. The second-order valence-electron chi connectivity index (χ2n) is 2.37. The molecule has 0 spiro atoms. The lowest BCUT2D eigenvalue weighted by Crippen LogP contribution is -2.37. The van der Waals surface area contributed by atoms with Gasteiger partial charge in [0.15, 0.2) is 0 Å². The number of nitrogens with two attached hydrogens (primary N) is 1. The van der Waals surface area contributed by atoms with Gasteiger partial charge in [0.05, 0.1) is 13.2 Å². The Bertz CT molecular complexity index is 55.9. The summed E-state index contributed by atoms with van der Waals surface area (Å²) in [5.74, 6) is 0. The molecule has 0 saturated carbocycles. The number of aliphatic hydroxyl groups is 2. The van der Waals surface area contributed by atoms with Crippen LogP contribution in [-0.2, 0) is 0 Å². The van der Waals surface area contributed by atoms with Gasteiger partial charge in [-0.15, -0.1) is 0 Å². The Hall–Kier alpha value is -0.160. The minimum atomic E-state index is -0.444. The Labute approximate surface area is 61.0 Å². The zero-order valence-electron chi connectivity index (χ0n) is 6.30. The molecule has 4 heteroatoms. The third-order valence-corrected chi connectivity index (χ3v) is 1.85. The van der Waals surface area contributed by atoms with Gasteiger partial charge in [0.1, 0.15) is 0 Å². The summed E-state index contributed by atoms with van der Waals surface area (Å²) in [6.07, 6.45) is 0.719. The average Bonchev–Trinajstić information content (AvgIpc) is 1.95. The van der Waals surface area contributed by atoms with E-state index in [4.69, 9.17) is 15.9 Å². The van der Waals surface area contributed by atoms with Crippen LogP contribution in [-0.4, -0.2) is 35.4 Å². The van der Waals surface area contributed by atoms with Gasteiger partial charge in [0.25, 0.3) is 0 Å². The Morgan fingerprint density at radius 1 is 1.30 bits per heavy atom. The number of hydrogen-bond acceptors (Lipinski definition) is 3. The summed E-state index contributed by atoms with van der Waals surface area (Å²) < 4.78 is 0. The molecule has 0 aliphatic rings. The van der Waals surface area contributed by atoms with Crippen molar-refractivity contribution in [3.8, 4) is 0 Å². The van der Waals surface area contributed by atoms with E-state index in [1.807, 2.05) is 6.92 Å². The molecule has 0 aromatic heterocycles. The molecule has 6 N–H and O–H groups in total. The zero-order chi connectivity index (χ0) is 7.33. The molecule has 0 atom stereocenters. The topological polar surface area (TPSA) is 98.0 Å². The molecule has 0 bridgehead atoms. The van der Waals surface area contributed by atoms with Gasteiger partial charge < -0.3 is 21.4 Å². The predicted octanol–water partition coefficient (Wildman–Crippen LogP) is -1.50. The molecule has 0 amide bonds. The smallest absolute Gasteiger partial charge is 0.0521 e. The molecule has 4 nitrogen and oxygen atoms in total. The molecule has 0 saturated heterocycles. The first-order valence-electron chi connectivity index (χ1n) is 3.16. The molecule has 0 heterocycles. The number of rotatable bonds is 4. The fraction of sp³-hybridized carbons (Fsp3) is 1.00. The standard InChI is InChI=1S/C6H15NO2.H2O/c1-2-6(3-7,4-8)5-9;/h8-9H,2-5,7H2,1H3;1H2. The van der Waals surface area contributed by atoms with Gasteiger partial charge in [-0.25, -0.2) is 0 Å². The van der Waals surface area contributed by atoms with Crippen LogP contribution in [0.25, 0.3) is 0 Å². The second-order valence-corrected chi connectivity index (χ2v) is 2.37. The minimum absolute atomic E-state index is 0. The highest BCUT2D eigenvalue weighted by molar-refractivity contribution is 4.76. The normalized spacial score (nSPS) is 10.8. The molecular weight excluding hydrogens is 134 g/mol. The molecule has 64 valence electrons. The van der Waals surface area contributed by atoms with E-state index in [0.29, 0.717) is 6.54 Å². The third-order valence-electron chi connectivity index (χ3n) is 1.85. The van der Waals surface area contributed by atoms with Crippen molar-refractivity contribution in [1.82, 2.24) is 0 Å². The van der Waals surface area contributed by atoms with Gasteiger partial charge in [-0.05, 0) is 6.42 Å². The van der Waals surface area contributed by atoms with Crippen molar-refractivity contribution in [3.05, 3.63) is 0 Å². The van der Waals surface area contributed by atoms with E-state index in [1.165, 1.54) is 0 Å². The molecule has 0 aromatic carbocycles. The first kappa shape index (κ1) is 12.5. The summed E-state index contributed by atoms with van der Waals surface area (Å²) in [7, 11) is 0. The van der Waals surface area contributed by atoms with E-state index >= 15 is 0 Å². The Morgan fingerprint density at radius 2 is 1.70 bits per heavy atom. The van der Waals surface area contributed by atoms with Gasteiger partial charge in [0.2, 0.25) is 0 Å². The van der Waals surface area contributed by atoms with Gasteiger partial charge in [-0.1, -0.05) is 6.92 Å². The van der Waals surface area contributed by atoms with Crippen molar-refractivity contribution in [2.75, 3.05) is 19.8 Å². The summed E-state index contributed by atoms with van der Waals surface area (Å²) in [6.45, 7) is 2.18. The van der Waals surface area contributed by atoms with E-state index in [-0.39, 0.29) is 18.7 Å². The fourth-order valence-electron chi connectivity index (χ4n) is 0.547. The van der Waals surface area contributed by atoms with Crippen LogP contribution in [0.2, 0.25) is 0 Å². The van der Waals surface area contributed by atoms with Crippen LogP contribution in [0.4, 0.5) is 0 Å². The minimum Gasteiger partial charge on any atom is -0.412 e. The molecule has 0 radical (unpaired) electrons. The SMILES string of the molecule is CCC(CN)(CO)CO.O. The van der Waals surface area contributed by atoms with Crippen LogP contribution >= 0.6 is 0 Å². The summed E-state index contributed by atoms with van der Waals surface area (Å²) in [5, 5.41) is 17.5. The first-order chi connectivity index (χ1) is 4.24. The molecule has 0 aliphatic heterocycles. The summed E-state index contributed by atoms with van der Waals surface area (Å²) in [6, 6.07) is 0. The monoisotopic (exact) mass is 151 g/mol. The Balaban J connectivity index is 0. The maximum Gasteiger partial charge on any atom is 0.0521 e. The van der Waals surface area contributed by atoms with Gasteiger partial charge in [0, 0.05) is 12.0 Å². The molecule has 0 rings (SSSR count). The lowest BCUT2D eigenvalue weighted by Gasteiger charge is -2.25. The van der Waals surface area contributed by atoms with E-state index in [2.05, 4.69) is 0 Å². The summed E-state index contributed by atoms with van der Waals surface area (Å²) in [4.78, 5) is 0. The third kappa shape index (κ3) is 2.62. The van der Waals surface area contributed by atoms with Crippen molar-refractivity contribution in [2.45, 2.75) is 13.3 Å². The van der Waals surface area contributed by atoms with Crippen LogP contribution in [0.5, 0.6) is 0 Å². The van der Waals surface area contributed by atoms with E-state index in [0.717, 1.165) is 6.42 Å². The highest BCUT2D eigenvalue weighted by Gasteiger charge is 2.23. The van der Waals surface area contributed by atoms with Crippen molar-refractivity contribution in [1.29, 1.82) is 0 Å². The van der Waals surface area contributed by atoms with E-state index < -0.39 is 5.41 Å². The second kappa shape index (κ2) is 5.61. The molecule has 0 aromatic rings. The van der Waals surface area contributed by atoms with E-state index in [1.54, 1.807) is 0 Å². The maximum atomic E-state index is 8.74. The van der Waals surface area contributed by atoms with E-state index in [9.17, 15) is 0 Å². The van der Waals surface area contributed by atoms with Crippen molar-refractivity contribution in [2.24, 2.45) is 11.1 Å². The van der Waals surface area contributed by atoms with Crippen molar-refractivity contribution < 1.29 is 15.7 Å². The van der Waals surface area contributed by atoms with Crippen LogP contribution in [0, 0.1) is 5.41 Å². The molecule has 0 fully saturated rings. The van der Waals surface area contributed by atoms with Gasteiger partial charge >= 0.3 is 0 Å². The largest absolute Gasteiger partial charge is 0.412 e. The Morgan fingerprint density at radius 3 is 1.70 bits per heavy atom. The van der Waals surface area contributed by atoms with Gasteiger partial charge in [-0.3, -0.25) is 0 Å². The lowest BCUT2D eigenvalue weighted by atomic mass is 9.87. The molecule has 10 heavy (non-hydrogen) atoms. The highest BCUT2D eigenvalue weighted by atomic mass is 16.3. The van der Waals surface area contributed by atoms with Crippen LogP contribution < -0.4 is 5.73 Å².